The fraction of sp³-hybridized carbons (Fsp3) is 0.412. The number of aromatic nitrogens is 2. The fourth-order valence-electron chi connectivity index (χ4n) is 2.89. The van der Waals surface area contributed by atoms with Crippen LogP contribution in [0.5, 0.6) is 5.75 Å². The molecule has 1 fully saturated rings. The molecular formula is C17H19FN2O4. The lowest BCUT2D eigenvalue weighted by Gasteiger charge is -2.22. The van der Waals surface area contributed by atoms with Crippen LogP contribution in [-0.4, -0.2) is 29.5 Å². The molecule has 0 aliphatic carbocycles. The van der Waals surface area contributed by atoms with Gasteiger partial charge in [0.15, 0.2) is 11.6 Å². The molecule has 2 aromatic rings. The average Bonchev–Trinajstić information content (AvgIpc) is 2.60. The molecule has 0 N–H and O–H groups in total. The number of rotatable bonds is 4. The van der Waals surface area contributed by atoms with E-state index in [4.69, 9.17) is 9.47 Å². The van der Waals surface area contributed by atoms with E-state index in [0.717, 1.165) is 24.0 Å². The van der Waals surface area contributed by atoms with Gasteiger partial charge in [0.25, 0.3) is 0 Å². The SMILES string of the molecule is COc1ccc(-n2ccn(CC3CCCOC3)c(=O)c2=O)cc1F. The van der Waals surface area contributed by atoms with Crippen molar-refractivity contribution < 1.29 is 13.9 Å². The van der Waals surface area contributed by atoms with E-state index in [0.29, 0.717) is 13.2 Å². The molecule has 0 saturated carbocycles. The van der Waals surface area contributed by atoms with Gasteiger partial charge in [0, 0.05) is 37.5 Å². The van der Waals surface area contributed by atoms with Crippen molar-refractivity contribution in [1.29, 1.82) is 0 Å². The largest absolute Gasteiger partial charge is 0.494 e. The summed E-state index contributed by atoms with van der Waals surface area (Å²) >= 11 is 0. The molecule has 7 heteroatoms. The minimum atomic E-state index is -0.709. The van der Waals surface area contributed by atoms with E-state index in [1.807, 2.05) is 0 Å². The third-order valence-corrected chi connectivity index (χ3v) is 4.18. The number of benzene rings is 1. The number of methoxy groups -OCH3 is 1. The first-order valence-corrected chi connectivity index (χ1v) is 7.84. The smallest absolute Gasteiger partial charge is 0.320 e. The van der Waals surface area contributed by atoms with Gasteiger partial charge in [-0.2, -0.15) is 0 Å². The van der Waals surface area contributed by atoms with Gasteiger partial charge in [0.05, 0.1) is 19.4 Å². The summed E-state index contributed by atoms with van der Waals surface area (Å²) in [7, 11) is 1.36. The molecule has 1 aliphatic heterocycles. The molecule has 1 aromatic carbocycles. The molecule has 6 nitrogen and oxygen atoms in total. The van der Waals surface area contributed by atoms with Crippen molar-refractivity contribution in [3.63, 3.8) is 0 Å². The molecule has 1 aromatic heterocycles. The van der Waals surface area contributed by atoms with Gasteiger partial charge < -0.3 is 14.0 Å². The maximum Gasteiger partial charge on any atom is 0.320 e. The van der Waals surface area contributed by atoms with Crippen molar-refractivity contribution in [2.45, 2.75) is 19.4 Å². The number of hydrogen-bond acceptors (Lipinski definition) is 4. The molecule has 1 atom stereocenters. The van der Waals surface area contributed by atoms with Crippen LogP contribution in [0.2, 0.25) is 0 Å². The van der Waals surface area contributed by atoms with E-state index in [2.05, 4.69) is 0 Å². The minimum absolute atomic E-state index is 0.0810. The number of halogens is 1. The van der Waals surface area contributed by atoms with E-state index in [-0.39, 0.29) is 17.4 Å². The molecule has 0 spiro atoms. The maximum atomic E-state index is 13.8. The van der Waals surface area contributed by atoms with Crippen LogP contribution in [0.25, 0.3) is 5.69 Å². The van der Waals surface area contributed by atoms with Crippen LogP contribution in [-0.2, 0) is 11.3 Å². The molecule has 1 aliphatic rings. The van der Waals surface area contributed by atoms with Gasteiger partial charge in [0.2, 0.25) is 0 Å². The Hall–Kier alpha value is -2.41. The molecule has 3 rings (SSSR count). The number of nitrogens with zero attached hydrogens (tertiary/aromatic N) is 2. The first-order chi connectivity index (χ1) is 11.6. The second-order valence-corrected chi connectivity index (χ2v) is 5.83. The van der Waals surface area contributed by atoms with Gasteiger partial charge in [-0.1, -0.05) is 0 Å². The highest BCUT2D eigenvalue weighted by molar-refractivity contribution is 5.38. The van der Waals surface area contributed by atoms with Crippen molar-refractivity contribution in [3.8, 4) is 11.4 Å². The number of hydrogen-bond donors (Lipinski definition) is 0. The minimum Gasteiger partial charge on any atom is -0.494 e. The van der Waals surface area contributed by atoms with E-state index in [9.17, 15) is 14.0 Å². The molecule has 2 heterocycles. The molecule has 1 saturated heterocycles. The topological polar surface area (TPSA) is 62.5 Å². The second kappa shape index (κ2) is 7.00. The van der Waals surface area contributed by atoms with Crippen LogP contribution in [0.3, 0.4) is 0 Å². The maximum absolute atomic E-state index is 13.8. The highest BCUT2D eigenvalue weighted by atomic mass is 19.1. The van der Waals surface area contributed by atoms with Gasteiger partial charge >= 0.3 is 11.1 Å². The lowest BCUT2D eigenvalue weighted by molar-refractivity contribution is 0.0479. The third-order valence-electron chi connectivity index (χ3n) is 4.18. The molecule has 0 amide bonds. The van der Waals surface area contributed by atoms with Crippen molar-refractivity contribution in [2.24, 2.45) is 5.92 Å². The zero-order valence-electron chi connectivity index (χ0n) is 13.4. The zero-order valence-corrected chi connectivity index (χ0v) is 13.4. The molecular weight excluding hydrogens is 315 g/mol. The van der Waals surface area contributed by atoms with Gasteiger partial charge in [-0.3, -0.25) is 14.2 Å². The van der Waals surface area contributed by atoms with Crippen molar-refractivity contribution >= 4 is 0 Å². The molecule has 0 bridgehead atoms. The summed E-state index contributed by atoms with van der Waals surface area (Å²) in [4.78, 5) is 24.7. The Morgan fingerprint density at radius 2 is 2.12 bits per heavy atom. The zero-order chi connectivity index (χ0) is 17.1. The molecule has 0 radical (unpaired) electrons. The predicted octanol–water partition coefficient (Wildman–Crippen LogP) is 1.57. The Kier molecular flexibility index (Phi) is 4.80. The fourth-order valence-corrected chi connectivity index (χ4v) is 2.89. The van der Waals surface area contributed by atoms with Crippen LogP contribution >= 0.6 is 0 Å². The molecule has 1 unspecified atom stereocenters. The normalized spacial score (nSPS) is 17.7. The highest BCUT2D eigenvalue weighted by Crippen LogP contribution is 2.19. The summed E-state index contributed by atoms with van der Waals surface area (Å²) in [5.74, 6) is -0.284. The molecule has 24 heavy (non-hydrogen) atoms. The monoisotopic (exact) mass is 334 g/mol. The van der Waals surface area contributed by atoms with Crippen LogP contribution in [0, 0.1) is 11.7 Å². The standard InChI is InChI=1S/C17H19FN2O4/c1-23-15-5-4-13(9-14(15)18)20-7-6-19(16(21)17(20)22)10-12-3-2-8-24-11-12/h4-7,9,12H,2-3,8,10-11H2,1H3. The predicted molar refractivity (Wildman–Crippen MR) is 86.4 cm³/mol. The summed E-state index contributed by atoms with van der Waals surface area (Å²) in [5.41, 5.74) is -1.05. The van der Waals surface area contributed by atoms with Crippen LogP contribution in [0.15, 0.2) is 40.2 Å². The Morgan fingerprint density at radius 1 is 1.29 bits per heavy atom. The lowest BCUT2D eigenvalue weighted by atomic mass is 10.0. The summed E-state index contributed by atoms with van der Waals surface area (Å²) in [6.45, 7) is 1.79. The third kappa shape index (κ3) is 3.26. The summed E-state index contributed by atoms with van der Waals surface area (Å²) in [5, 5.41) is 0. The highest BCUT2D eigenvalue weighted by Gasteiger charge is 2.16. The van der Waals surface area contributed by atoms with Gasteiger partial charge in [0.1, 0.15) is 0 Å². The van der Waals surface area contributed by atoms with E-state index >= 15 is 0 Å². The first kappa shape index (κ1) is 16.4. The van der Waals surface area contributed by atoms with E-state index in [1.165, 1.54) is 36.1 Å². The van der Waals surface area contributed by atoms with Crippen LogP contribution < -0.4 is 15.9 Å². The first-order valence-electron chi connectivity index (χ1n) is 7.84. The lowest BCUT2D eigenvalue weighted by Crippen LogP contribution is -2.41. The summed E-state index contributed by atoms with van der Waals surface area (Å²) in [6.07, 6.45) is 4.97. The van der Waals surface area contributed by atoms with E-state index in [1.54, 1.807) is 6.20 Å². The second-order valence-electron chi connectivity index (χ2n) is 5.83. The summed E-state index contributed by atoms with van der Waals surface area (Å²) < 4.78 is 26.6. The average molecular weight is 334 g/mol. The Balaban J connectivity index is 1.91. The quantitative estimate of drug-likeness (QED) is 0.797. The van der Waals surface area contributed by atoms with Gasteiger partial charge in [-0.25, -0.2) is 4.39 Å². The van der Waals surface area contributed by atoms with Crippen molar-refractivity contribution in [2.75, 3.05) is 20.3 Å². The van der Waals surface area contributed by atoms with Crippen molar-refractivity contribution in [3.05, 3.63) is 57.1 Å². The Morgan fingerprint density at radius 3 is 2.79 bits per heavy atom. The van der Waals surface area contributed by atoms with Crippen molar-refractivity contribution in [1.82, 2.24) is 9.13 Å². The Labute approximate surface area is 138 Å². The van der Waals surface area contributed by atoms with Gasteiger partial charge in [-0.15, -0.1) is 0 Å². The van der Waals surface area contributed by atoms with Crippen LogP contribution in [0.1, 0.15) is 12.8 Å². The van der Waals surface area contributed by atoms with Gasteiger partial charge in [-0.05, 0) is 25.0 Å². The van der Waals surface area contributed by atoms with Crippen LogP contribution in [0.4, 0.5) is 4.39 Å². The molecule has 128 valence electrons. The number of ether oxygens (including phenoxy) is 2. The van der Waals surface area contributed by atoms with E-state index < -0.39 is 16.9 Å². The summed E-state index contributed by atoms with van der Waals surface area (Å²) in [6, 6.07) is 4.11. The Bertz CT molecular complexity index is 837.